The van der Waals surface area contributed by atoms with Gasteiger partial charge in [0.15, 0.2) is 5.78 Å². The standard InChI is InChI=1S/C24H18N2O/c1-18-16-22(24(27)21-6-3-2-4-7-21)12-11-20(18)8-5-15-26-23-13-9-19(17-25)10-14-23/h2-4,6-7,9-14,16,26H,15H2,1H3. The van der Waals surface area contributed by atoms with Crippen LogP contribution in [0.5, 0.6) is 0 Å². The first kappa shape index (κ1) is 18.0. The molecule has 0 aliphatic heterocycles. The van der Waals surface area contributed by atoms with Crippen molar-refractivity contribution >= 4 is 11.5 Å². The normalized spacial score (nSPS) is 9.63. The van der Waals surface area contributed by atoms with Crippen molar-refractivity contribution in [3.05, 3.63) is 101 Å². The Bertz CT molecular complexity index is 1050. The van der Waals surface area contributed by atoms with E-state index >= 15 is 0 Å². The molecule has 27 heavy (non-hydrogen) atoms. The second kappa shape index (κ2) is 8.52. The summed E-state index contributed by atoms with van der Waals surface area (Å²) in [5.74, 6) is 6.24. The van der Waals surface area contributed by atoms with E-state index in [1.165, 1.54) is 0 Å². The van der Waals surface area contributed by atoms with Gasteiger partial charge in [0.2, 0.25) is 0 Å². The maximum absolute atomic E-state index is 12.5. The molecule has 0 atom stereocenters. The van der Waals surface area contributed by atoms with Crippen molar-refractivity contribution in [2.45, 2.75) is 6.92 Å². The highest BCUT2D eigenvalue weighted by Crippen LogP contribution is 2.14. The van der Waals surface area contributed by atoms with Crippen LogP contribution in [0.15, 0.2) is 72.8 Å². The molecule has 0 aliphatic rings. The number of carbonyl (C=O) groups excluding carboxylic acids is 1. The predicted molar refractivity (Wildman–Crippen MR) is 108 cm³/mol. The monoisotopic (exact) mass is 350 g/mol. The number of ketones is 1. The van der Waals surface area contributed by atoms with Crippen LogP contribution in [0.3, 0.4) is 0 Å². The lowest BCUT2D eigenvalue weighted by Gasteiger charge is -2.04. The van der Waals surface area contributed by atoms with Gasteiger partial charge in [-0.05, 0) is 55.0 Å². The molecule has 3 aromatic carbocycles. The molecular formula is C24H18N2O. The van der Waals surface area contributed by atoms with Gasteiger partial charge in [0.1, 0.15) is 0 Å². The summed E-state index contributed by atoms with van der Waals surface area (Å²) in [5.41, 5.74) is 4.78. The number of nitriles is 1. The SMILES string of the molecule is Cc1cc(C(=O)c2ccccc2)ccc1C#CCNc1ccc(C#N)cc1. The van der Waals surface area contributed by atoms with E-state index in [4.69, 9.17) is 5.26 Å². The Hall–Kier alpha value is -3.82. The van der Waals surface area contributed by atoms with Gasteiger partial charge in [-0.1, -0.05) is 42.2 Å². The zero-order valence-electron chi connectivity index (χ0n) is 15.0. The molecule has 0 unspecified atom stereocenters. The van der Waals surface area contributed by atoms with E-state index in [9.17, 15) is 4.79 Å². The molecule has 0 fully saturated rings. The first-order valence-corrected chi connectivity index (χ1v) is 8.60. The van der Waals surface area contributed by atoms with Crippen molar-refractivity contribution in [2.75, 3.05) is 11.9 Å². The van der Waals surface area contributed by atoms with Crippen molar-refractivity contribution < 1.29 is 4.79 Å². The molecule has 0 radical (unpaired) electrons. The third kappa shape index (κ3) is 4.63. The van der Waals surface area contributed by atoms with E-state index in [-0.39, 0.29) is 5.78 Å². The van der Waals surface area contributed by atoms with E-state index in [1.54, 1.807) is 12.1 Å². The maximum atomic E-state index is 12.5. The number of nitrogens with zero attached hydrogens (tertiary/aromatic N) is 1. The Morgan fingerprint density at radius 2 is 1.70 bits per heavy atom. The van der Waals surface area contributed by atoms with E-state index in [2.05, 4.69) is 23.2 Å². The number of benzene rings is 3. The molecule has 1 N–H and O–H groups in total. The van der Waals surface area contributed by atoms with Crippen LogP contribution in [-0.2, 0) is 0 Å². The van der Waals surface area contributed by atoms with Crippen LogP contribution in [0.1, 0.15) is 32.6 Å². The van der Waals surface area contributed by atoms with Crippen LogP contribution in [0.25, 0.3) is 0 Å². The number of nitrogens with one attached hydrogen (secondary N) is 1. The lowest BCUT2D eigenvalue weighted by Crippen LogP contribution is -2.02. The molecule has 3 nitrogen and oxygen atoms in total. The quantitative estimate of drug-likeness (QED) is 0.554. The van der Waals surface area contributed by atoms with Crippen molar-refractivity contribution in [3.8, 4) is 17.9 Å². The summed E-state index contributed by atoms with van der Waals surface area (Å²) in [4.78, 5) is 12.5. The summed E-state index contributed by atoms with van der Waals surface area (Å²) >= 11 is 0. The van der Waals surface area contributed by atoms with Gasteiger partial charge in [-0.15, -0.1) is 0 Å². The van der Waals surface area contributed by atoms with Crippen LogP contribution in [0, 0.1) is 30.1 Å². The lowest BCUT2D eigenvalue weighted by atomic mass is 9.99. The van der Waals surface area contributed by atoms with Crippen molar-refractivity contribution in [1.82, 2.24) is 0 Å². The summed E-state index contributed by atoms with van der Waals surface area (Å²) in [6, 6.07) is 24.2. The van der Waals surface area contributed by atoms with Crippen LogP contribution in [-0.4, -0.2) is 12.3 Å². The molecule has 0 aromatic heterocycles. The zero-order valence-corrected chi connectivity index (χ0v) is 15.0. The fraction of sp³-hybridized carbons (Fsp3) is 0.0833. The Balaban J connectivity index is 1.65. The predicted octanol–water partition coefficient (Wildman–Crippen LogP) is 4.56. The maximum Gasteiger partial charge on any atom is 0.193 e. The van der Waals surface area contributed by atoms with Gasteiger partial charge in [-0.25, -0.2) is 0 Å². The van der Waals surface area contributed by atoms with E-state index in [1.807, 2.05) is 67.6 Å². The van der Waals surface area contributed by atoms with E-state index in [0.29, 0.717) is 23.2 Å². The third-order valence-electron chi connectivity index (χ3n) is 4.14. The van der Waals surface area contributed by atoms with Crippen molar-refractivity contribution in [3.63, 3.8) is 0 Å². The minimum atomic E-state index is 0.0145. The number of hydrogen-bond acceptors (Lipinski definition) is 3. The molecular weight excluding hydrogens is 332 g/mol. The molecule has 0 bridgehead atoms. The van der Waals surface area contributed by atoms with Gasteiger partial charge < -0.3 is 5.32 Å². The van der Waals surface area contributed by atoms with Gasteiger partial charge in [0.25, 0.3) is 0 Å². The number of rotatable bonds is 4. The fourth-order valence-electron chi connectivity index (χ4n) is 2.65. The lowest BCUT2D eigenvalue weighted by molar-refractivity contribution is 0.103. The van der Waals surface area contributed by atoms with Crippen LogP contribution >= 0.6 is 0 Å². The fourth-order valence-corrected chi connectivity index (χ4v) is 2.65. The van der Waals surface area contributed by atoms with Crippen molar-refractivity contribution in [1.29, 1.82) is 5.26 Å². The van der Waals surface area contributed by atoms with Gasteiger partial charge in [-0.3, -0.25) is 4.79 Å². The summed E-state index contributed by atoms with van der Waals surface area (Å²) in [5, 5.41) is 12.0. The first-order chi connectivity index (χ1) is 13.2. The molecule has 0 saturated carbocycles. The number of aryl methyl sites for hydroxylation is 1. The first-order valence-electron chi connectivity index (χ1n) is 8.60. The van der Waals surface area contributed by atoms with Crippen LogP contribution < -0.4 is 5.32 Å². The highest BCUT2D eigenvalue weighted by molar-refractivity contribution is 6.09. The molecule has 130 valence electrons. The Kier molecular flexibility index (Phi) is 5.67. The van der Waals surface area contributed by atoms with Crippen LogP contribution in [0.2, 0.25) is 0 Å². The molecule has 3 heteroatoms. The summed E-state index contributed by atoms with van der Waals surface area (Å²) in [6.07, 6.45) is 0. The second-order valence-electron chi connectivity index (χ2n) is 6.07. The molecule has 0 heterocycles. The van der Waals surface area contributed by atoms with Gasteiger partial charge in [0, 0.05) is 22.4 Å². The average molecular weight is 350 g/mol. The molecule has 0 saturated heterocycles. The topological polar surface area (TPSA) is 52.9 Å². The number of carbonyl (C=O) groups is 1. The van der Waals surface area contributed by atoms with Gasteiger partial charge in [-0.2, -0.15) is 5.26 Å². The van der Waals surface area contributed by atoms with Gasteiger partial charge >= 0.3 is 0 Å². The smallest absolute Gasteiger partial charge is 0.193 e. The second-order valence-corrected chi connectivity index (χ2v) is 6.07. The Morgan fingerprint density at radius 1 is 0.963 bits per heavy atom. The minimum absolute atomic E-state index is 0.0145. The Labute approximate surface area is 159 Å². The Morgan fingerprint density at radius 3 is 2.37 bits per heavy atom. The molecule has 0 aliphatic carbocycles. The van der Waals surface area contributed by atoms with Gasteiger partial charge in [0.05, 0.1) is 18.2 Å². The minimum Gasteiger partial charge on any atom is -0.374 e. The van der Waals surface area contributed by atoms with E-state index < -0.39 is 0 Å². The molecule has 3 rings (SSSR count). The molecule has 0 spiro atoms. The zero-order chi connectivity index (χ0) is 19.1. The van der Waals surface area contributed by atoms with Crippen molar-refractivity contribution in [2.24, 2.45) is 0 Å². The highest BCUT2D eigenvalue weighted by atomic mass is 16.1. The highest BCUT2D eigenvalue weighted by Gasteiger charge is 2.09. The molecule has 3 aromatic rings. The number of hydrogen-bond donors (Lipinski definition) is 1. The summed E-state index contributed by atoms with van der Waals surface area (Å²) in [7, 11) is 0. The van der Waals surface area contributed by atoms with Crippen LogP contribution in [0.4, 0.5) is 5.69 Å². The summed E-state index contributed by atoms with van der Waals surface area (Å²) in [6.45, 7) is 2.45. The number of anilines is 1. The third-order valence-corrected chi connectivity index (χ3v) is 4.14. The van der Waals surface area contributed by atoms with E-state index in [0.717, 1.165) is 16.8 Å². The average Bonchev–Trinajstić information content (AvgIpc) is 2.72. The molecule has 0 amide bonds. The largest absolute Gasteiger partial charge is 0.374 e. The summed E-state index contributed by atoms with van der Waals surface area (Å²) < 4.78 is 0.